The van der Waals surface area contributed by atoms with Crippen molar-refractivity contribution < 1.29 is 13.5 Å². The Bertz CT molecular complexity index is 777. The van der Waals surface area contributed by atoms with E-state index in [2.05, 4.69) is 19.7 Å². The van der Waals surface area contributed by atoms with Gasteiger partial charge in [-0.15, -0.1) is 11.3 Å². The lowest BCUT2D eigenvalue weighted by Gasteiger charge is -2.09. The van der Waals surface area contributed by atoms with Crippen LogP contribution in [0.2, 0.25) is 0 Å². The second-order valence-corrected chi connectivity index (χ2v) is 5.36. The van der Waals surface area contributed by atoms with Crippen molar-refractivity contribution in [3.8, 4) is 27.7 Å². The lowest BCUT2D eigenvalue weighted by atomic mass is 10.1. The fourth-order valence-corrected chi connectivity index (χ4v) is 2.75. The molecule has 112 valence electrons. The zero-order valence-electron chi connectivity index (χ0n) is 11.5. The molecule has 0 bridgehead atoms. The van der Waals surface area contributed by atoms with Gasteiger partial charge in [0.25, 0.3) is 0 Å². The third-order valence-electron chi connectivity index (χ3n) is 2.91. The first kappa shape index (κ1) is 14.5. The Morgan fingerprint density at radius 1 is 1.18 bits per heavy atom. The maximum atomic E-state index is 12.5. The van der Waals surface area contributed by atoms with E-state index in [9.17, 15) is 8.78 Å². The number of hydrogen-bond acceptors (Lipinski definition) is 5. The zero-order valence-corrected chi connectivity index (χ0v) is 12.3. The molecule has 3 aromatic rings. The van der Waals surface area contributed by atoms with E-state index in [1.54, 1.807) is 36.1 Å². The van der Waals surface area contributed by atoms with E-state index in [4.69, 9.17) is 0 Å². The van der Waals surface area contributed by atoms with E-state index in [0.29, 0.717) is 22.0 Å². The zero-order chi connectivity index (χ0) is 15.5. The lowest BCUT2D eigenvalue weighted by molar-refractivity contribution is -0.0494. The smallest absolute Gasteiger partial charge is 0.387 e. The van der Waals surface area contributed by atoms with Crippen LogP contribution in [-0.2, 0) is 0 Å². The van der Waals surface area contributed by atoms with Gasteiger partial charge in [-0.05, 0) is 19.1 Å². The van der Waals surface area contributed by atoms with Crippen LogP contribution < -0.4 is 4.74 Å². The van der Waals surface area contributed by atoms with Crippen LogP contribution in [0.15, 0.2) is 42.2 Å². The molecular weight excluding hydrogens is 308 g/mol. The summed E-state index contributed by atoms with van der Waals surface area (Å²) in [7, 11) is 0. The number of halogens is 2. The number of rotatable bonds is 4. The molecule has 0 amide bonds. The van der Waals surface area contributed by atoms with Gasteiger partial charge in [0.15, 0.2) is 0 Å². The molecular formula is C15H11F2N3OS. The molecule has 0 aliphatic heterocycles. The van der Waals surface area contributed by atoms with Crippen molar-refractivity contribution in [2.75, 3.05) is 0 Å². The highest BCUT2D eigenvalue weighted by Gasteiger charge is 2.15. The van der Waals surface area contributed by atoms with Gasteiger partial charge >= 0.3 is 6.61 Å². The van der Waals surface area contributed by atoms with Gasteiger partial charge in [-0.3, -0.25) is 9.97 Å². The maximum Gasteiger partial charge on any atom is 0.387 e. The van der Waals surface area contributed by atoms with Crippen LogP contribution in [0.1, 0.15) is 5.56 Å². The number of aromatic nitrogens is 3. The van der Waals surface area contributed by atoms with Gasteiger partial charge in [0, 0.05) is 23.3 Å². The summed E-state index contributed by atoms with van der Waals surface area (Å²) in [5.74, 6) is 0.108. The van der Waals surface area contributed by atoms with E-state index in [-0.39, 0.29) is 5.75 Å². The third-order valence-corrected chi connectivity index (χ3v) is 3.78. The minimum absolute atomic E-state index is 0.108. The molecule has 0 radical (unpaired) electrons. The second-order valence-electron chi connectivity index (χ2n) is 4.51. The summed E-state index contributed by atoms with van der Waals surface area (Å²) in [6.45, 7) is -0.995. The first-order valence-electron chi connectivity index (χ1n) is 6.41. The Kier molecular flexibility index (Phi) is 4.06. The minimum Gasteiger partial charge on any atom is -0.434 e. The molecule has 0 aliphatic rings. The molecule has 2 heterocycles. The fraction of sp³-hybridized carbons (Fsp3) is 0.133. The number of benzene rings is 1. The van der Waals surface area contributed by atoms with Gasteiger partial charge in [0.2, 0.25) is 0 Å². The SMILES string of the molecule is Cc1ccc(OC(F)F)c(-c2csc(-c3cnccn3)n2)c1. The Morgan fingerprint density at radius 2 is 2.05 bits per heavy atom. The molecule has 2 aromatic heterocycles. The summed E-state index contributed by atoms with van der Waals surface area (Å²) in [6, 6.07) is 5.02. The molecule has 3 rings (SSSR count). The van der Waals surface area contributed by atoms with E-state index >= 15 is 0 Å². The number of alkyl halides is 2. The van der Waals surface area contributed by atoms with Crippen molar-refractivity contribution in [1.82, 2.24) is 15.0 Å². The van der Waals surface area contributed by atoms with Gasteiger partial charge in [0.05, 0.1) is 11.9 Å². The average Bonchev–Trinajstić information content (AvgIpc) is 2.99. The molecule has 0 unspecified atom stereocenters. The lowest BCUT2D eigenvalue weighted by Crippen LogP contribution is -2.03. The van der Waals surface area contributed by atoms with Crippen molar-refractivity contribution in [3.63, 3.8) is 0 Å². The predicted molar refractivity (Wildman–Crippen MR) is 79.9 cm³/mol. The van der Waals surface area contributed by atoms with Crippen molar-refractivity contribution in [3.05, 3.63) is 47.7 Å². The first-order chi connectivity index (χ1) is 10.6. The van der Waals surface area contributed by atoms with Gasteiger partial charge in [-0.1, -0.05) is 11.6 Å². The van der Waals surface area contributed by atoms with E-state index in [0.717, 1.165) is 5.56 Å². The molecule has 4 nitrogen and oxygen atoms in total. The summed E-state index contributed by atoms with van der Waals surface area (Å²) in [5, 5.41) is 2.46. The average molecular weight is 319 g/mol. The second kappa shape index (κ2) is 6.15. The van der Waals surface area contributed by atoms with Gasteiger partial charge in [-0.2, -0.15) is 8.78 Å². The van der Waals surface area contributed by atoms with Gasteiger partial charge in [-0.25, -0.2) is 4.98 Å². The summed E-state index contributed by atoms with van der Waals surface area (Å²) < 4.78 is 29.6. The van der Waals surface area contributed by atoms with Gasteiger partial charge < -0.3 is 4.74 Å². The Hall–Kier alpha value is -2.41. The van der Waals surface area contributed by atoms with Crippen LogP contribution >= 0.6 is 11.3 Å². The Labute approximate surface area is 129 Å². The molecule has 0 N–H and O–H groups in total. The van der Waals surface area contributed by atoms with Crippen molar-refractivity contribution in [1.29, 1.82) is 0 Å². The molecule has 0 aliphatic carbocycles. The van der Waals surface area contributed by atoms with Crippen LogP contribution in [0.25, 0.3) is 22.0 Å². The standard InChI is InChI=1S/C15H11F2N3OS/c1-9-2-3-13(21-15(16)17)10(6-9)12-8-22-14(20-12)11-7-18-4-5-19-11/h2-8,15H,1H3. The van der Waals surface area contributed by atoms with Crippen LogP contribution in [-0.4, -0.2) is 21.6 Å². The molecule has 0 saturated carbocycles. The monoisotopic (exact) mass is 319 g/mol. The number of nitrogens with zero attached hydrogens (tertiary/aromatic N) is 3. The molecule has 22 heavy (non-hydrogen) atoms. The number of aryl methyl sites for hydroxylation is 1. The predicted octanol–water partition coefficient (Wildman–Crippen LogP) is 4.18. The minimum atomic E-state index is -2.88. The Balaban J connectivity index is 2.01. The highest BCUT2D eigenvalue weighted by atomic mass is 32.1. The fourth-order valence-electron chi connectivity index (χ4n) is 1.97. The molecule has 0 atom stereocenters. The van der Waals surface area contributed by atoms with E-state index < -0.39 is 6.61 Å². The highest BCUT2D eigenvalue weighted by Crippen LogP contribution is 2.34. The normalized spacial score (nSPS) is 10.9. The highest BCUT2D eigenvalue weighted by molar-refractivity contribution is 7.13. The first-order valence-corrected chi connectivity index (χ1v) is 7.29. The topological polar surface area (TPSA) is 47.9 Å². The molecule has 7 heteroatoms. The van der Waals surface area contributed by atoms with Crippen LogP contribution in [0.5, 0.6) is 5.75 Å². The van der Waals surface area contributed by atoms with Crippen LogP contribution in [0.3, 0.4) is 0 Å². The summed E-state index contributed by atoms with van der Waals surface area (Å²) in [6.07, 6.45) is 4.76. The molecule has 0 spiro atoms. The molecule has 0 saturated heterocycles. The van der Waals surface area contributed by atoms with Crippen molar-refractivity contribution in [2.24, 2.45) is 0 Å². The van der Waals surface area contributed by atoms with E-state index in [1.807, 2.05) is 6.92 Å². The molecule has 1 aromatic carbocycles. The summed E-state index contributed by atoms with van der Waals surface area (Å²) >= 11 is 1.37. The largest absolute Gasteiger partial charge is 0.434 e. The number of hydrogen-bond donors (Lipinski definition) is 0. The van der Waals surface area contributed by atoms with Crippen LogP contribution in [0.4, 0.5) is 8.78 Å². The third kappa shape index (κ3) is 3.09. The van der Waals surface area contributed by atoms with Gasteiger partial charge in [0.1, 0.15) is 16.5 Å². The number of thiazole rings is 1. The van der Waals surface area contributed by atoms with Crippen molar-refractivity contribution in [2.45, 2.75) is 13.5 Å². The summed E-state index contributed by atoms with van der Waals surface area (Å²) in [4.78, 5) is 12.6. The van der Waals surface area contributed by atoms with Crippen LogP contribution in [0, 0.1) is 6.92 Å². The molecule has 0 fully saturated rings. The summed E-state index contributed by atoms with van der Waals surface area (Å²) in [5.41, 5.74) is 2.69. The number of ether oxygens (including phenoxy) is 1. The Morgan fingerprint density at radius 3 is 2.77 bits per heavy atom. The maximum absolute atomic E-state index is 12.5. The quantitative estimate of drug-likeness (QED) is 0.724. The van der Waals surface area contributed by atoms with E-state index in [1.165, 1.54) is 17.4 Å². The van der Waals surface area contributed by atoms with Crippen molar-refractivity contribution >= 4 is 11.3 Å².